The Kier molecular flexibility index (Phi) is 3.24. The Hall–Kier alpha value is -2.08. The SMILES string of the molecule is C=CCC1CC(c2ccc(C#N)cc2)NC1=O. The van der Waals surface area contributed by atoms with Gasteiger partial charge in [-0.25, -0.2) is 0 Å². The summed E-state index contributed by atoms with van der Waals surface area (Å²) < 4.78 is 0. The molecule has 2 rings (SSSR count). The fraction of sp³-hybridized carbons (Fsp3) is 0.286. The lowest BCUT2D eigenvalue weighted by Crippen LogP contribution is -2.21. The van der Waals surface area contributed by atoms with Gasteiger partial charge < -0.3 is 5.32 Å². The summed E-state index contributed by atoms with van der Waals surface area (Å²) in [6.45, 7) is 3.66. The van der Waals surface area contributed by atoms with E-state index in [9.17, 15) is 4.79 Å². The molecule has 1 aliphatic rings. The smallest absolute Gasteiger partial charge is 0.223 e. The summed E-state index contributed by atoms with van der Waals surface area (Å²) in [5.41, 5.74) is 1.70. The molecule has 0 saturated carbocycles. The first-order valence-electron chi connectivity index (χ1n) is 5.66. The van der Waals surface area contributed by atoms with Gasteiger partial charge in [-0.1, -0.05) is 18.2 Å². The zero-order valence-corrected chi connectivity index (χ0v) is 9.52. The minimum atomic E-state index is 0.0353. The number of benzene rings is 1. The van der Waals surface area contributed by atoms with Crippen molar-refractivity contribution in [1.29, 1.82) is 5.26 Å². The number of nitrogens with zero attached hydrogens (tertiary/aromatic N) is 1. The van der Waals surface area contributed by atoms with E-state index in [1.807, 2.05) is 12.1 Å². The molecule has 0 aromatic heterocycles. The van der Waals surface area contributed by atoms with Crippen molar-refractivity contribution in [2.75, 3.05) is 0 Å². The summed E-state index contributed by atoms with van der Waals surface area (Å²) in [4.78, 5) is 11.7. The predicted molar refractivity (Wildman–Crippen MR) is 65.0 cm³/mol. The Balaban J connectivity index is 2.11. The molecule has 3 heteroatoms. The van der Waals surface area contributed by atoms with Gasteiger partial charge in [-0.3, -0.25) is 4.79 Å². The molecule has 0 bridgehead atoms. The van der Waals surface area contributed by atoms with Gasteiger partial charge in [-0.05, 0) is 30.5 Å². The van der Waals surface area contributed by atoms with Crippen molar-refractivity contribution >= 4 is 5.91 Å². The van der Waals surface area contributed by atoms with Gasteiger partial charge >= 0.3 is 0 Å². The van der Waals surface area contributed by atoms with Crippen LogP contribution in [-0.4, -0.2) is 5.91 Å². The van der Waals surface area contributed by atoms with E-state index in [2.05, 4.69) is 18.0 Å². The molecule has 1 fully saturated rings. The Morgan fingerprint density at radius 3 is 2.76 bits per heavy atom. The second-order valence-electron chi connectivity index (χ2n) is 4.25. The van der Waals surface area contributed by atoms with Gasteiger partial charge in [0.2, 0.25) is 5.91 Å². The number of carbonyl (C=O) groups is 1. The normalized spacial score (nSPS) is 22.9. The van der Waals surface area contributed by atoms with Crippen LogP contribution in [0.3, 0.4) is 0 Å². The van der Waals surface area contributed by atoms with E-state index in [0.717, 1.165) is 18.4 Å². The maximum Gasteiger partial charge on any atom is 0.223 e. The number of nitriles is 1. The van der Waals surface area contributed by atoms with E-state index < -0.39 is 0 Å². The first-order chi connectivity index (χ1) is 8.24. The number of amides is 1. The van der Waals surface area contributed by atoms with Crippen LogP contribution < -0.4 is 5.32 Å². The second kappa shape index (κ2) is 4.84. The highest BCUT2D eigenvalue weighted by atomic mass is 16.2. The molecule has 0 aliphatic carbocycles. The van der Waals surface area contributed by atoms with Gasteiger partial charge in [0, 0.05) is 5.92 Å². The number of rotatable bonds is 3. The summed E-state index contributed by atoms with van der Waals surface area (Å²) in [6.07, 6.45) is 3.31. The summed E-state index contributed by atoms with van der Waals surface area (Å²) in [5, 5.41) is 11.7. The molecule has 17 heavy (non-hydrogen) atoms. The Bertz CT molecular complexity index is 470. The molecule has 1 N–H and O–H groups in total. The molecule has 3 nitrogen and oxygen atoms in total. The molecule has 1 aromatic carbocycles. The van der Waals surface area contributed by atoms with Crippen LogP contribution in [0.15, 0.2) is 36.9 Å². The highest BCUT2D eigenvalue weighted by Gasteiger charge is 2.31. The van der Waals surface area contributed by atoms with Gasteiger partial charge in [0.1, 0.15) is 0 Å². The third-order valence-corrected chi connectivity index (χ3v) is 3.10. The first kappa shape index (κ1) is 11.4. The summed E-state index contributed by atoms with van der Waals surface area (Å²) in [5.74, 6) is 0.132. The monoisotopic (exact) mass is 226 g/mol. The molecule has 0 spiro atoms. The van der Waals surface area contributed by atoms with Crippen molar-refractivity contribution < 1.29 is 4.79 Å². The minimum Gasteiger partial charge on any atom is -0.349 e. The number of hydrogen-bond acceptors (Lipinski definition) is 2. The zero-order valence-electron chi connectivity index (χ0n) is 9.52. The van der Waals surface area contributed by atoms with Crippen LogP contribution in [-0.2, 0) is 4.79 Å². The summed E-state index contributed by atoms with van der Waals surface area (Å²) >= 11 is 0. The molecular weight excluding hydrogens is 212 g/mol. The Labute approximate surface area is 101 Å². The summed E-state index contributed by atoms with van der Waals surface area (Å²) in [7, 11) is 0. The fourth-order valence-corrected chi connectivity index (χ4v) is 2.15. The molecule has 2 unspecified atom stereocenters. The molecule has 1 aromatic rings. The van der Waals surface area contributed by atoms with Crippen LogP contribution in [0.25, 0.3) is 0 Å². The summed E-state index contributed by atoms with van der Waals surface area (Å²) in [6, 6.07) is 9.52. The number of allylic oxidation sites excluding steroid dienone is 1. The molecular formula is C14H14N2O. The highest BCUT2D eigenvalue weighted by Crippen LogP contribution is 2.30. The quantitative estimate of drug-likeness (QED) is 0.804. The maximum absolute atomic E-state index is 11.7. The topological polar surface area (TPSA) is 52.9 Å². The molecule has 1 amide bonds. The van der Waals surface area contributed by atoms with Gasteiger partial charge in [0.25, 0.3) is 0 Å². The molecule has 1 saturated heterocycles. The van der Waals surface area contributed by atoms with Crippen molar-refractivity contribution in [3.8, 4) is 6.07 Å². The van der Waals surface area contributed by atoms with Gasteiger partial charge in [-0.2, -0.15) is 5.26 Å². The van der Waals surface area contributed by atoms with E-state index in [0.29, 0.717) is 5.56 Å². The van der Waals surface area contributed by atoms with E-state index in [1.165, 1.54) is 0 Å². The molecule has 2 atom stereocenters. The van der Waals surface area contributed by atoms with Crippen molar-refractivity contribution in [3.63, 3.8) is 0 Å². The molecule has 1 heterocycles. The lowest BCUT2D eigenvalue weighted by Gasteiger charge is -2.09. The van der Waals surface area contributed by atoms with Crippen LogP contribution in [0, 0.1) is 17.2 Å². The molecule has 86 valence electrons. The lowest BCUT2D eigenvalue weighted by atomic mass is 9.97. The largest absolute Gasteiger partial charge is 0.349 e. The number of hydrogen-bond donors (Lipinski definition) is 1. The van der Waals surface area contributed by atoms with Crippen LogP contribution in [0.5, 0.6) is 0 Å². The van der Waals surface area contributed by atoms with E-state index in [1.54, 1.807) is 18.2 Å². The van der Waals surface area contributed by atoms with Crippen LogP contribution in [0.1, 0.15) is 30.0 Å². The second-order valence-corrected chi connectivity index (χ2v) is 4.25. The molecule has 0 radical (unpaired) electrons. The van der Waals surface area contributed by atoms with Crippen LogP contribution in [0.2, 0.25) is 0 Å². The predicted octanol–water partition coefficient (Wildman–Crippen LogP) is 2.31. The van der Waals surface area contributed by atoms with Crippen molar-refractivity contribution in [1.82, 2.24) is 5.32 Å². The minimum absolute atomic E-state index is 0.0353. The van der Waals surface area contributed by atoms with Gasteiger partial charge in [-0.15, -0.1) is 6.58 Å². The van der Waals surface area contributed by atoms with Crippen molar-refractivity contribution in [2.24, 2.45) is 5.92 Å². The van der Waals surface area contributed by atoms with Crippen molar-refractivity contribution in [3.05, 3.63) is 48.0 Å². The average molecular weight is 226 g/mol. The highest BCUT2D eigenvalue weighted by molar-refractivity contribution is 5.81. The molecule has 1 aliphatic heterocycles. The maximum atomic E-state index is 11.7. The standard InChI is InChI=1S/C14H14N2O/c1-2-3-12-8-13(16-14(12)17)11-6-4-10(9-15)5-7-11/h2,4-7,12-13H,1,3,8H2,(H,16,17). The Morgan fingerprint density at radius 2 is 2.18 bits per heavy atom. The average Bonchev–Trinajstić information content (AvgIpc) is 2.72. The lowest BCUT2D eigenvalue weighted by molar-refractivity contribution is -0.122. The van der Waals surface area contributed by atoms with Crippen LogP contribution >= 0.6 is 0 Å². The number of carbonyl (C=O) groups excluding carboxylic acids is 1. The van der Waals surface area contributed by atoms with Gasteiger partial charge in [0.15, 0.2) is 0 Å². The van der Waals surface area contributed by atoms with E-state index in [-0.39, 0.29) is 17.9 Å². The zero-order chi connectivity index (χ0) is 12.3. The number of nitrogens with one attached hydrogen (secondary N) is 1. The van der Waals surface area contributed by atoms with E-state index in [4.69, 9.17) is 5.26 Å². The fourth-order valence-electron chi connectivity index (χ4n) is 2.15. The van der Waals surface area contributed by atoms with Crippen LogP contribution in [0.4, 0.5) is 0 Å². The Morgan fingerprint density at radius 1 is 1.47 bits per heavy atom. The van der Waals surface area contributed by atoms with Gasteiger partial charge in [0.05, 0.1) is 17.7 Å². The van der Waals surface area contributed by atoms with E-state index >= 15 is 0 Å². The first-order valence-corrected chi connectivity index (χ1v) is 5.66. The third kappa shape index (κ3) is 2.36. The van der Waals surface area contributed by atoms with Crippen molar-refractivity contribution in [2.45, 2.75) is 18.9 Å². The third-order valence-electron chi connectivity index (χ3n) is 3.10.